The second-order valence-electron chi connectivity index (χ2n) is 2.63. The predicted molar refractivity (Wildman–Crippen MR) is 59.2 cm³/mol. The first-order valence-corrected chi connectivity index (χ1v) is 4.66. The number of carbonyl (C=O) groups is 1. The van der Waals surface area contributed by atoms with Gasteiger partial charge in [-0.15, -0.1) is 0 Å². The van der Waals surface area contributed by atoms with Crippen molar-refractivity contribution in [2.45, 2.75) is 47.6 Å². The zero-order valence-electron chi connectivity index (χ0n) is 10.2. The minimum absolute atomic E-state index is 0.167. The van der Waals surface area contributed by atoms with Gasteiger partial charge in [0.15, 0.2) is 0 Å². The van der Waals surface area contributed by atoms with Crippen LogP contribution in [-0.2, 0) is 4.79 Å². The molecule has 0 saturated carbocycles. The summed E-state index contributed by atoms with van der Waals surface area (Å²) in [6.45, 7) is 10.4. The van der Waals surface area contributed by atoms with Crippen LogP contribution in [0, 0.1) is 0 Å². The summed E-state index contributed by atoms with van der Waals surface area (Å²) >= 11 is 0. The third-order valence-corrected chi connectivity index (χ3v) is 0. The highest BCUT2D eigenvalue weighted by atomic mass is 16.3. The zero-order valence-corrected chi connectivity index (χ0v) is 10.2. The van der Waals surface area contributed by atoms with Crippen LogP contribution in [0.3, 0.4) is 0 Å². The minimum atomic E-state index is -0.167. The Labute approximate surface area is 87.6 Å². The van der Waals surface area contributed by atoms with Gasteiger partial charge in [-0.05, 0) is 41.5 Å². The molecule has 0 bridgehead atoms. The number of hydrogen-bond acceptors (Lipinski definition) is 4. The highest BCUT2D eigenvalue weighted by Crippen LogP contribution is 1.65. The number of rotatable bonds is 0. The number of Topliss-reactive ketones (excluding diaryl/α,β-unsaturated/α-hetero) is 1. The number of aliphatic hydroxyl groups excluding tert-OH is 3. The fraction of sp³-hybridized carbons (Fsp3) is 0.900. The Morgan fingerprint density at radius 3 is 1.07 bits per heavy atom. The van der Waals surface area contributed by atoms with Gasteiger partial charge in [0.2, 0.25) is 0 Å². The quantitative estimate of drug-likeness (QED) is 0.557. The lowest BCUT2D eigenvalue weighted by molar-refractivity contribution is -0.114. The largest absolute Gasteiger partial charge is 0.397 e. The molecule has 0 aliphatic carbocycles. The van der Waals surface area contributed by atoms with Crippen molar-refractivity contribution < 1.29 is 20.1 Å². The Morgan fingerprint density at radius 2 is 1.07 bits per heavy atom. The normalized spacial score (nSPS) is 7.00. The van der Waals surface area contributed by atoms with Gasteiger partial charge in [0.25, 0.3) is 0 Å². The molecular formula is C10H26O4. The molecule has 4 nitrogen and oxygen atoms in total. The summed E-state index contributed by atoms with van der Waals surface area (Å²) in [7, 11) is 0. The Hall–Kier alpha value is -0.450. The van der Waals surface area contributed by atoms with Gasteiger partial charge >= 0.3 is 0 Å². The first-order valence-electron chi connectivity index (χ1n) is 4.66. The summed E-state index contributed by atoms with van der Waals surface area (Å²) in [6.07, 6.45) is -0.167. The predicted octanol–water partition coefficient (Wildman–Crippen LogP) is 0.980. The number of aliphatic hydroxyl groups is 3. The van der Waals surface area contributed by atoms with E-state index in [1.165, 1.54) is 13.8 Å². The van der Waals surface area contributed by atoms with E-state index in [0.717, 1.165) is 0 Å². The van der Waals surface area contributed by atoms with Crippen LogP contribution >= 0.6 is 0 Å². The number of ketones is 1. The molecule has 0 unspecified atom stereocenters. The minimum Gasteiger partial charge on any atom is -0.397 e. The van der Waals surface area contributed by atoms with E-state index >= 15 is 0 Å². The standard InChI is InChI=1S/C3H8O.C3H6O.2C2H6O/c2*1-3(2)4;2*1-2-3/h3-4H,1-2H3;1-2H3;2*3H,2H2,1H3. The zero-order chi connectivity index (χ0) is 12.6. The van der Waals surface area contributed by atoms with Gasteiger partial charge in [-0.3, -0.25) is 0 Å². The van der Waals surface area contributed by atoms with Crippen LogP contribution in [0.5, 0.6) is 0 Å². The van der Waals surface area contributed by atoms with Crippen molar-refractivity contribution >= 4 is 5.78 Å². The molecule has 4 heteroatoms. The maximum atomic E-state index is 9.44. The second-order valence-corrected chi connectivity index (χ2v) is 2.63. The molecule has 0 atom stereocenters. The molecule has 90 valence electrons. The molecule has 0 rings (SSSR count). The monoisotopic (exact) mass is 210 g/mol. The summed E-state index contributed by atoms with van der Waals surface area (Å²) in [6, 6.07) is 0. The fourth-order valence-electron chi connectivity index (χ4n) is 0. The van der Waals surface area contributed by atoms with Crippen LogP contribution < -0.4 is 0 Å². The SMILES string of the molecule is CC(C)=O.CC(C)O.CCO.CCO. The molecule has 0 spiro atoms. The van der Waals surface area contributed by atoms with Crippen LogP contribution in [0.1, 0.15) is 41.5 Å². The van der Waals surface area contributed by atoms with Crippen molar-refractivity contribution in [3.63, 3.8) is 0 Å². The average molecular weight is 210 g/mol. The molecule has 0 aromatic rings. The first kappa shape index (κ1) is 23.4. The van der Waals surface area contributed by atoms with Gasteiger partial charge in [0.1, 0.15) is 5.78 Å². The molecule has 0 aromatic carbocycles. The highest BCUT2D eigenvalue weighted by Gasteiger charge is 1.69. The molecule has 0 aromatic heterocycles. The smallest absolute Gasteiger partial charge is 0.126 e. The van der Waals surface area contributed by atoms with Gasteiger partial charge in [-0.25, -0.2) is 0 Å². The van der Waals surface area contributed by atoms with E-state index in [-0.39, 0.29) is 25.1 Å². The lowest BCUT2D eigenvalue weighted by Gasteiger charge is -1.80. The van der Waals surface area contributed by atoms with Gasteiger partial charge in [-0.1, -0.05) is 0 Å². The summed E-state index contributed by atoms with van der Waals surface area (Å²) in [5.41, 5.74) is 0. The molecule has 0 radical (unpaired) electrons. The molecule has 0 fully saturated rings. The van der Waals surface area contributed by atoms with Crippen molar-refractivity contribution in [3.05, 3.63) is 0 Å². The molecule has 14 heavy (non-hydrogen) atoms. The molecule has 0 aliphatic heterocycles. The van der Waals surface area contributed by atoms with E-state index < -0.39 is 0 Å². The topological polar surface area (TPSA) is 77.8 Å². The van der Waals surface area contributed by atoms with E-state index in [2.05, 4.69) is 0 Å². The second kappa shape index (κ2) is 29.4. The van der Waals surface area contributed by atoms with Crippen molar-refractivity contribution in [3.8, 4) is 0 Å². The fourth-order valence-corrected chi connectivity index (χ4v) is 0. The first-order chi connectivity index (χ1) is 6.29. The average Bonchev–Trinajstić information content (AvgIpc) is 1.85. The van der Waals surface area contributed by atoms with Crippen LogP contribution in [-0.4, -0.2) is 40.4 Å². The number of hydrogen-bond donors (Lipinski definition) is 3. The summed E-state index contributed by atoms with van der Waals surface area (Å²) in [4.78, 5) is 9.44. The van der Waals surface area contributed by atoms with Gasteiger partial charge in [0.05, 0.1) is 0 Å². The maximum absolute atomic E-state index is 9.44. The summed E-state index contributed by atoms with van der Waals surface area (Å²) in [5, 5.41) is 23.2. The molecule has 0 saturated heterocycles. The molecule has 3 N–H and O–H groups in total. The van der Waals surface area contributed by atoms with E-state index in [0.29, 0.717) is 0 Å². The third kappa shape index (κ3) is 6350. The van der Waals surface area contributed by atoms with Crippen molar-refractivity contribution in [1.29, 1.82) is 0 Å². The number of carbonyl (C=O) groups excluding carboxylic acids is 1. The molecular weight excluding hydrogens is 184 g/mol. The Balaban J connectivity index is -0.0000000482. The molecule has 0 amide bonds. The Bertz CT molecular complexity index is 73.4. The van der Waals surface area contributed by atoms with Crippen LogP contribution in [0.25, 0.3) is 0 Å². The van der Waals surface area contributed by atoms with E-state index in [9.17, 15) is 4.79 Å². The lowest BCUT2D eigenvalue weighted by atomic mass is 10.5. The van der Waals surface area contributed by atoms with Crippen LogP contribution in [0.4, 0.5) is 0 Å². The van der Waals surface area contributed by atoms with Gasteiger partial charge in [0, 0.05) is 19.3 Å². The molecule has 0 heterocycles. The van der Waals surface area contributed by atoms with Crippen LogP contribution in [0.2, 0.25) is 0 Å². The van der Waals surface area contributed by atoms with Crippen molar-refractivity contribution in [2.24, 2.45) is 0 Å². The lowest BCUT2D eigenvalue weighted by Crippen LogP contribution is -1.85. The van der Waals surface area contributed by atoms with Gasteiger partial charge < -0.3 is 20.1 Å². The van der Waals surface area contributed by atoms with Gasteiger partial charge in [-0.2, -0.15) is 0 Å². The Morgan fingerprint density at radius 1 is 1.07 bits per heavy atom. The van der Waals surface area contributed by atoms with Crippen molar-refractivity contribution in [1.82, 2.24) is 0 Å². The third-order valence-electron chi connectivity index (χ3n) is 0. The van der Waals surface area contributed by atoms with E-state index in [4.69, 9.17) is 15.3 Å². The Kier molecular flexibility index (Phi) is 49.1. The van der Waals surface area contributed by atoms with Crippen LogP contribution in [0.15, 0.2) is 0 Å². The molecule has 0 aliphatic rings. The summed E-state index contributed by atoms with van der Waals surface area (Å²) in [5.74, 6) is 0.167. The van der Waals surface area contributed by atoms with E-state index in [1.54, 1.807) is 27.7 Å². The van der Waals surface area contributed by atoms with Crippen molar-refractivity contribution in [2.75, 3.05) is 13.2 Å². The maximum Gasteiger partial charge on any atom is 0.126 e. The summed E-state index contributed by atoms with van der Waals surface area (Å²) < 4.78 is 0. The highest BCUT2D eigenvalue weighted by molar-refractivity contribution is 5.72. The van der Waals surface area contributed by atoms with E-state index in [1.807, 2.05) is 0 Å².